The molecule has 0 aliphatic heterocycles. The number of benzene rings is 1. The van der Waals surface area contributed by atoms with Crippen molar-refractivity contribution >= 4 is 17.6 Å². The maximum absolute atomic E-state index is 13.0. The van der Waals surface area contributed by atoms with Gasteiger partial charge >= 0.3 is 6.03 Å². The first-order chi connectivity index (χ1) is 11.1. The molecule has 0 bridgehead atoms. The van der Waals surface area contributed by atoms with Crippen molar-refractivity contribution in [2.24, 2.45) is 0 Å². The van der Waals surface area contributed by atoms with Crippen molar-refractivity contribution in [2.45, 2.75) is 0 Å². The van der Waals surface area contributed by atoms with Crippen molar-refractivity contribution in [3.8, 4) is 5.75 Å². The second-order valence-corrected chi connectivity index (χ2v) is 4.52. The van der Waals surface area contributed by atoms with Crippen LogP contribution in [0.4, 0.5) is 14.9 Å². The molecular weight excluding hydrogens is 303 g/mol. The summed E-state index contributed by atoms with van der Waals surface area (Å²) in [6, 6.07) is 7.82. The Kier molecular flexibility index (Phi) is 5.45. The SMILES string of the molecule is O=C(NCCNC(=O)c1ncccc1O)Nc1cccc(F)c1. The summed E-state index contributed by atoms with van der Waals surface area (Å²) in [6.45, 7) is 0.298. The molecule has 0 fully saturated rings. The second-order valence-electron chi connectivity index (χ2n) is 4.52. The highest BCUT2D eigenvalue weighted by molar-refractivity contribution is 5.94. The molecule has 8 heteroatoms. The van der Waals surface area contributed by atoms with Gasteiger partial charge in [0.25, 0.3) is 5.91 Å². The van der Waals surface area contributed by atoms with Crippen LogP contribution < -0.4 is 16.0 Å². The first kappa shape index (κ1) is 16.2. The molecule has 7 nitrogen and oxygen atoms in total. The summed E-state index contributed by atoms with van der Waals surface area (Å²) >= 11 is 0. The Hall–Kier alpha value is -3.16. The van der Waals surface area contributed by atoms with Crippen LogP contribution >= 0.6 is 0 Å². The Morgan fingerprint density at radius 3 is 2.65 bits per heavy atom. The van der Waals surface area contributed by atoms with Crippen molar-refractivity contribution in [1.82, 2.24) is 15.6 Å². The van der Waals surface area contributed by atoms with E-state index in [-0.39, 0.29) is 24.5 Å². The van der Waals surface area contributed by atoms with Crippen molar-refractivity contribution in [3.05, 3.63) is 54.1 Å². The zero-order chi connectivity index (χ0) is 16.7. The van der Waals surface area contributed by atoms with Crippen molar-refractivity contribution < 1.29 is 19.1 Å². The van der Waals surface area contributed by atoms with E-state index in [0.29, 0.717) is 5.69 Å². The normalized spacial score (nSPS) is 9.96. The van der Waals surface area contributed by atoms with Gasteiger partial charge in [-0.25, -0.2) is 14.2 Å². The second kappa shape index (κ2) is 7.74. The van der Waals surface area contributed by atoms with Crippen LogP contribution in [0, 0.1) is 5.82 Å². The predicted octanol–water partition coefficient (Wildman–Crippen LogP) is 1.48. The van der Waals surface area contributed by atoms with Crippen LogP contribution in [-0.4, -0.2) is 35.1 Å². The van der Waals surface area contributed by atoms with Gasteiger partial charge in [0.2, 0.25) is 0 Å². The molecule has 1 heterocycles. The number of halogens is 1. The van der Waals surface area contributed by atoms with Crippen molar-refractivity contribution in [1.29, 1.82) is 0 Å². The molecule has 3 amide bonds. The minimum Gasteiger partial charge on any atom is -0.505 e. The van der Waals surface area contributed by atoms with Crippen molar-refractivity contribution in [3.63, 3.8) is 0 Å². The molecule has 120 valence electrons. The van der Waals surface area contributed by atoms with Gasteiger partial charge in [0, 0.05) is 25.0 Å². The molecule has 0 radical (unpaired) electrons. The molecule has 0 atom stereocenters. The molecule has 0 spiro atoms. The van der Waals surface area contributed by atoms with Crippen molar-refractivity contribution in [2.75, 3.05) is 18.4 Å². The maximum Gasteiger partial charge on any atom is 0.319 e. The number of pyridine rings is 1. The maximum atomic E-state index is 13.0. The number of carbonyl (C=O) groups is 2. The van der Waals surface area contributed by atoms with Gasteiger partial charge in [-0.15, -0.1) is 0 Å². The molecule has 0 aliphatic rings. The minimum absolute atomic E-state index is 0.0864. The lowest BCUT2D eigenvalue weighted by Crippen LogP contribution is -2.37. The zero-order valence-electron chi connectivity index (χ0n) is 12.0. The van der Waals surface area contributed by atoms with E-state index in [2.05, 4.69) is 20.9 Å². The number of nitrogens with one attached hydrogen (secondary N) is 3. The topological polar surface area (TPSA) is 103 Å². The van der Waals surface area contributed by atoms with Gasteiger partial charge in [0.15, 0.2) is 5.69 Å². The molecule has 0 saturated heterocycles. The Morgan fingerprint density at radius 2 is 1.91 bits per heavy atom. The van der Waals surface area contributed by atoms with Gasteiger partial charge in [-0.1, -0.05) is 6.07 Å². The summed E-state index contributed by atoms with van der Waals surface area (Å²) in [5.41, 5.74) is 0.238. The van der Waals surface area contributed by atoms with E-state index in [4.69, 9.17) is 0 Å². The molecule has 23 heavy (non-hydrogen) atoms. The Balaban J connectivity index is 1.72. The van der Waals surface area contributed by atoms with Crippen LogP contribution in [0.15, 0.2) is 42.6 Å². The summed E-state index contributed by atoms with van der Waals surface area (Å²) in [5.74, 6) is -1.22. The highest BCUT2D eigenvalue weighted by Crippen LogP contribution is 2.11. The molecule has 0 aliphatic carbocycles. The lowest BCUT2D eigenvalue weighted by atomic mass is 10.3. The summed E-state index contributed by atoms with van der Waals surface area (Å²) in [5, 5.41) is 16.9. The molecule has 1 aromatic carbocycles. The number of hydrogen-bond acceptors (Lipinski definition) is 4. The summed E-state index contributed by atoms with van der Waals surface area (Å²) in [4.78, 5) is 27.1. The van der Waals surface area contributed by atoms with Gasteiger partial charge in [-0.3, -0.25) is 4.79 Å². The van der Waals surface area contributed by atoms with Gasteiger partial charge in [0.05, 0.1) is 0 Å². The third-order valence-corrected chi connectivity index (χ3v) is 2.78. The van der Waals surface area contributed by atoms with Gasteiger partial charge in [-0.2, -0.15) is 0 Å². The molecule has 0 unspecified atom stereocenters. The first-order valence-corrected chi connectivity index (χ1v) is 6.79. The standard InChI is InChI=1S/C15H15FN4O3/c16-10-3-1-4-11(9-10)20-15(23)19-8-7-18-14(22)13-12(21)5-2-6-17-13/h1-6,9,21H,7-8H2,(H,18,22)(H2,19,20,23). The van der Waals surface area contributed by atoms with Crippen LogP contribution in [0.2, 0.25) is 0 Å². The fourth-order valence-corrected chi connectivity index (χ4v) is 1.75. The third kappa shape index (κ3) is 4.95. The van der Waals surface area contributed by atoms with Crippen LogP contribution in [0.25, 0.3) is 0 Å². The number of anilines is 1. The summed E-state index contributed by atoms with van der Waals surface area (Å²) in [7, 11) is 0. The number of nitrogens with zero attached hydrogens (tertiary/aromatic N) is 1. The quantitative estimate of drug-likeness (QED) is 0.627. The number of carbonyl (C=O) groups excluding carboxylic acids is 2. The lowest BCUT2D eigenvalue weighted by Gasteiger charge is -2.09. The van der Waals surface area contributed by atoms with Gasteiger partial charge < -0.3 is 21.1 Å². The van der Waals surface area contributed by atoms with E-state index in [9.17, 15) is 19.1 Å². The van der Waals surface area contributed by atoms with Gasteiger partial charge in [-0.05, 0) is 30.3 Å². The summed E-state index contributed by atoms with van der Waals surface area (Å²) in [6.07, 6.45) is 1.39. The monoisotopic (exact) mass is 318 g/mol. The lowest BCUT2D eigenvalue weighted by molar-refractivity contribution is 0.0946. The van der Waals surface area contributed by atoms with Gasteiger partial charge in [0.1, 0.15) is 11.6 Å². The van der Waals surface area contributed by atoms with Crippen LogP contribution in [-0.2, 0) is 0 Å². The summed E-state index contributed by atoms with van der Waals surface area (Å²) < 4.78 is 13.0. The van der Waals surface area contributed by atoms with E-state index in [0.717, 1.165) is 0 Å². The smallest absolute Gasteiger partial charge is 0.319 e. The Labute approximate surface area is 131 Å². The van der Waals surface area contributed by atoms with E-state index >= 15 is 0 Å². The van der Waals surface area contributed by atoms with E-state index in [1.807, 2.05) is 0 Å². The molecule has 0 saturated carbocycles. The average molecular weight is 318 g/mol. The highest BCUT2D eigenvalue weighted by Gasteiger charge is 2.11. The number of aromatic hydroxyl groups is 1. The number of amides is 3. The minimum atomic E-state index is -0.546. The fourth-order valence-electron chi connectivity index (χ4n) is 1.75. The van der Waals surface area contributed by atoms with Crippen LogP contribution in [0.1, 0.15) is 10.5 Å². The molecule has 2 aromatic rings. The molecular formula is C15H15FN4O3. The van der Waals surface area contributed by atoms with Crippen LogP contribution in [0.5, 0.6) is 5.75 Å². The first-order valence-electron chi connectivity index (χ1n) is 6.79. The fraction of sp³-hybridized carbons (Fsp3) is 0.133. The molecule has 4 N–H and O–H groups in total. The van der Waals surface area contributed by atoms with Crippen LogP contribution in [0.3, 0.4) is 0 Å². The largest absolute Gasteiger partial charge is 0.505 e. The predicted molar refractivity (Wildman–Crippen MR) is 81.7 cm³/mol. The number of urea groups is 1. The number of rotatable bonds is 5. The zero-order valence-corrected chi connectivity index (χ0v) is 12.0. The van der Waals surface area contributed by atoms with E-state index < -0.39 is 17.8 Å². The average Bonchev–Trinajstić information content (AvgIpc) is 2.52. The third-order valence-electron chi connectivity index (χ3n) is 2.78. The molecule has 1 aromatic heterocycles. The Morgan fingerprint density at radius 1 is 1.13 bits per heavy atom. The number of aromatic nitrogens is 1. The molecule has 2 rings (SSSR count). The highest BCUT2D eigenvalue weighted by atomic mass is 19.1. The number of hydrogen-bond donors (Lipinski definition) is 4. The van der Waals surface area contributed by atoms with E-state index in [1.54, 1.807) is 6.07 Å². The van der Waals surface area contributed by atoms with E-state index in [1.165, 1.54) is 36.5 Å². The Bertz CT molecular complexity index is 709.